The first-order chi connectivity index (χ1) is 13.7. The van der Waals surface area contributed by atoms with Gasteiger partial charge in [0.1, 0.15) is 0 Å². The summed E-state index contributed by atoms with van der Waals surface area (Å²) in [6.07, 6.45) is 0. The number of hydrogen-bond donors (Lipinski definition) is 1. The molecule has 0 aromatic heterocycles. The molecule has 1 aliphatic heterocycles. The molecule has 3 rings (SSSR count). The molecular formula is C22H30N4O2. The van der Waals surface area contributed by atoms with Crippen LogP contribution in [0.15, 0.2) is 53.5 Å². The highest BCUT2D eigenvalue weighted by molar-refractivity contribution is 5.80. The molecule has 2 aromatic carbocycles. The maximum Gasteiger partial charge on any atom is 0.194 e. The Morgan fingerprint density at radius 1 is 1.04 bits per heavy atom. The summed E-state index contributed by atoms with van der Waals surface area (Å²) in [5.41, 5.74) is 2.42. The Morgan fingerprint density at radius 2 is 1.79 bits per heavy atom. The van der Waals surface area contributed by atoms with Crippen LogP contribution in [-0.4, -0.2) is 57.8 Å². The van der Waals surface area contributed by atoms with Gasteiger partial charge in [0.05, 0.1) is 13.7 Å². The van der Waals surface area contributed by atoms with E-state index in [9.17, 15) is 0 Å². The Morgan fingerprint density at radius 3 is 2.43 bits per heavy atom. The van der Waals surface area contributed by atoms with E-state index in [0.717, 1.165) is 49.2 Å². The largest absolute Gasteiger partial charge is 0.493 e. The fourth-order valence-electron chi connectivity index (χ4n) is 3.43. The number of ether oxygens (including phenoxy) is 2. The Kier molecular flexibility index (Phi) is 7.00. The van der Waals surface area contributed by atoms with E-state index in [1.165, 1.54) is 5.69 Å². The Labute approximate surface area is 167 Å². The van der Waals surface area contributed by atoms with Crippen LogP contribution in [0.2, 0.25) is 0 Å². The van der Waals surface area contributed by atoms with Crippen LogP contribution in [0.4, 0.5) is 5.69 Å². The second-order valence-electron chi connectivity index (χ2n) is 6.63. The van der Waals surface area contributed by atoms with Gasteiger partial charge in [-0.25, -0.2) is 0 Å². The number of aliphatic imine (C=N–C) groups is 1. The lowest BCUT2D eigenvalue weighted by Crippen LogP contribution is -2.52. The highest BCUT2D eigenvalue weighted by Gasteiger charge is 2.19. The van der Waals surface area contributed by atoms with Gasteiger partial charge in [0.2, 0.25) is 0 Å². The molecule has 28 heavy (non-hydrogen) atoms. The lowest BCUT2D eigenvalue weighted by atomic mass is 10.2. The number of piperazine rings is 1. The van der Waals surface area contributed by atoms with E-state index in [1.54, 1.807) is 7.11 Å². The molecule has 0 atom stereocenters. The van der Waals surface area contributed by atoms with Crippen molar-refractivity contribution < 1.29 is 9.47 Å². The third-order valence-corrected chi connectivity index (χ3v) is 4.89. The number of hydrogen-bond acceptors (Lipinski definition) is 4. The minimum absolute atomic E-state index is 0.612. The van der Waals surface area contributed by atoms with Crippen molar-refractivity contribution in [1.82, 2.24) is 10.2 Å². The zero-order chi connectivity index (χ0) is 19.8. The average molecular weight is 383 g/mol. The third-order valence-electron chi connectivity index (χ3n) is 4.89. The summed E-state index contributed by atoms with van der Waals surface area (Å²) < 4.78 is 11.0. The molecule has 0 amide bonds. The van der Waals surface area contributed by atoms with Crippen molar-refractivity contribution in [2.45, 2.75) is 13.5 Å². The van der Waals surface area contributed by atoms with E-state index >= 15 is 0 Å². The topological polar surface area (TPSA) is 49.3 Å². The first-order valence-corrected chi connectivity index (χ1v) is 9.80. The van der Waals surface area contributed by atoms with Crippen molar-refractivity contribution in [2.75, 3.05) is 51.8 Å². The van der Waals surface area contributed by atoms with Crippen LogP contribution in [0.25, 0.3) is 0 Å². The summed E-state index contributed by atoms with van der Waals surface area (Å²) >= 11 is 0. The van der Waals surface area contributed by atoms with Gasteiger partial charge in [0, 0.05) is 45.5 Å². The lowest BCUT2D eigenvalue weighted by Gasteiger charge is -2.37. The van der Waals surface area contributed by atoms with Crippen LogP contribution in [0.5, 0.6) is 11.5 Å². The van der Waals surface area contributed by atoms with Crippen LogP contribution in [0.3, 0.4) is 0 Å². The summed E-state index contributed by atoms with van der Waals surface area (Å²) in [5, 5.41) is 3.48. The molecule has 0 spiro atoms. The second-order valence-corrected chi connectivity index (χ2v) is 6.63. The smallest absolute Gasteiger partial charge is 0.194 e. The highest BCUT2D eigenvalue weighted by Crippen LogP contribution is 2.28. The second kappa shape index (κ2) is 9.88. The number of guanidine groups is 1. The maximum absolute atomic E-state index is 5.67. The minimum Gasteiger partial charge on any atom is -0.493 e. The predicted molar refractivity (Wildman–Crippen MR) is 115 cm³/mol. The average Bonchev–Trinajstić information content (AvgIpc) is 2.76. The van der Waals surface area contributed by atoms with E-state index in [0.29, 0.717) is 13.2 Å². The van der Waals surface area contributed by atoms with Crippen LogP contribution < -0.4 is 19.7 Å². The summed E-state index contributed by atoms with van der Waals surface area (Å²) in [6.45, 7) is 7.14. The number of rotatable bonds is 6. The summed E-state index contributed by atoms with van der Waals surface area (Å²) in [6, 6.07) is 16.6. The molecule has 6 heteroatoms. The molecule has 0 bridgehead atoms. The van der Waals surface area contributed by atoms with Gasteiger partial charge >= 0.3 is 0 Å². The molecule has 0 saturated carbocycles. The van der Waals surface area contributed by atoms with Crippen LogP contribution >= 0.6 is 0 Å². The Hall–Kier alpha value is -2.89. The van der Waals surface area contributed by atoms with Gasteiger partial charge in [-0.3, -0.25) is 4.99 Å². The Balaban J connectivity index is 1.56. The van der Waals surface area contributed by atoms with Crippen molar-refractivity contribution in [3.8, 4) is 11.5 Å². The molecular weight excluding hydrogens is 352 g/mol. The van der Waals surface area contributed by atoms with Gasteiger partial charge in [0.25, 0.3) is 0 Å². The van der Waals surface area contributed by atoms with Gasteiger partial charge in [-0.05, 0) is 36.8 Å². The maximum atomic E-state index is 5.67. The summed E-state index contributed by atoms with van der Waals surface area (Å²) in [7, 11) is 3.50. The number of nitrogens with one attached hydrogen (secondary N) is 1. The monoisotopic (exact) mass is 382 g/mol. The Bertz CT molecular complexity index is 771. The zero-order valence-electron chi connectivity index (χ0n) is 17.0. The van der Waals surface area contributed by atoms with Crippen molar-refractivity contribution in [1.29, 1.82) is 0 Å². The third kappa shape index (κ3) is 4.88. The van der Waals surface area contributed by atoms with E-state index in [1.807, 2.05) is 26.1 Å². The van der Waals surface area contributed by atoms with E-state index in [2.05, 4.69) is 56.5 Å². The minimum atomic E-state index is 0.612. The lowest BCUT2D eigenvalue weighted by molar-refractivity contribution is 0.310. The van der Waals surface area contributed by atoms with E-state index < -0.39 is 0 Å². The van der Waals surface area contributed by atoms with Crippen LogP contribution in [0.1, 0.15) is 12.5 Å². The molecule has 0 aliphatic carbocycles. The van der Waals surface area contributed by atoms with Gasteiger partial charge < -0.3 is 24.6 Å². The van der Waals surface area contributed by atoms with Crippen molar-refractivity contribution in [3.63, 3.8) is 0 Å². The van der Waals surface area contributed by atoms with E-state index in [4.69, 9.17) is 9.47 Å². The summed E-state index contributed by atoms with van der Waals surface area (Å²) in [4.78, 5) is 9.20. The number of nitrogens with zero attached hydrogens (tertiary/aromatic N) is 3. The number of methoxy groups -OCH3 is 1. The molecule has 1 fully saturated rings. The number of anilines is 1. The normalized spacial score (nSPS) is 14.8. The van der Waals surface area contributed by atoms with Gasteiger partial charge in [-0.2, -0.15) is 0 Å². The molecule has 0 radical (unpaired) electrons. The molecule has 150 valence electrons. The summed E-state index contributed by atoms with van der Waals surface area (Å²) in [5.74, 6) is 2.46. The predicted octanol–water partition coefficient (Wildman–Crippen LogP) is 2.99. The van der Waals surface area contributed by atoms with E-state index in [-0.39, 0.29) is 0 Å². The van der Waals surface area contributed by atoms with Crippen molar-refractivity contribution >= 4 is 11.6 Å². The van der Waals surface area contributed by atoms with Crippen molar-refractivity contribution in [2.24, 2.45) is 4.99 Å². The van der Waals surface area contributed by atoms with Gasteiger partial charge in [-0.15, -0.1) is 0 Å². The standard InChI is InChI=1S/C22H30N4O2/c1-4-28-21-16-18(10-11-20(21)27-3)17-24-22(23-2)26-14-12-25(13-15-26)19-8-6-5-7-9-19/h5-11,16H,4,12-15,17H2,1-3H3,(H,23,24). The quantitative estimate of drug-likeness (QED) is 0.615. The molecule has 1 heterocycles. The number of para-hydroxylation sites is 1. The van der Waals surface area contributed by atoms with Gasteiger partial charge in [0.15, 0.2) is 17.5 Å². The van der Waals surface area contributed by atoms with Crippen molar-refractivity contribution in [3.05, 3.63) is 54.1 Å². The van der Waals surface area contributed by atoms with Gasteiger partial charge in [-0.1, -0.05) is 24.3 Å². The molecule has 0 unspecified atom stereocenters. The molecule has 1 N–H and O–H groups in total. The fraction of sp³-hybridized carbons (Fsp3) is 0.409. The first-order valence-electron chi connectivity index (χ1n) is 9.80. The molecule has 1 saturated heterocycles. The van der Waals surface area contributed by atoms with Crippen LogP contribution in [-0.2, 0) is 6.54 Å². The van der Waals surface area contributed by atoms with Crippen LogP contribution in [0, 0.1) is 0 Å². The SMILES string of the molecule is CCOc1cc(CNC(=NC)N2CCN(c3ccccc3)CC2)ccc1OC. The molecule has 6 nitrogen and oxygen atoms in total. The zero-order valence-corrected chi connectivity index (χ0v) is 17.0. The molecule has 2 aromatic rings. The number of benzene rings is 2. The fourth-order valence-corrected chi connectivity index (χ4v) is 3.43. The first kappa shape index (κ1) is 19.9. The highest BCUT2D eigenvalue weighted by atomic mass is 16.5. The molecule has 1 aliphatic rings.